The lowest BCUT2D eigenvalue weighted by Crippen LogP contribution is -2.44. The minimum atomic E-state index is -0.802. The van der Waals surface area contributed by atoms with Crippen molar-refractivity contribution in [1.82, 2.24) is 4.90 Å². The Bertz CT molecular complexity index is 1030. The maximum Gasteiger partial charge on any atom is 0.254 e. The molecule has 2 fully saturated rings. The van der Waals surface area contributed by atoms with Crippen LogP contribution < -0.4 is 11.1 Å². The van der Waals surface area contributed by atoms with Gasteiger partial charge in [-0.15, -0.1) is 0 Å². The Morgan fingerprint density at radius 2 is 1.62 bits per heavy atom. The summed E-state index contributed by atoms with van der Waals surface area (Å²) < 4.78 is 27.7. The number of amides is 2. The fraction of sp³-hybridized carbons (Fsp3) is 0.462. The third-order valence-electron chi connectivity index (χ3n) is 6.93. The molecule has 34 heavy (non-hydrogen) atoms. The number of halogens is 3. The van der Waals surface area contributed by atoms with Crippen molar-refractivity contribution in [3.05, 3.63) is 64.2 Å². The van der Waals surface area contributed by atoms with Gasteiger partial charge in [0.25, 0.3) is 5.91 Å². The van der Waals surface area contributed by atoms with E-state index in [0.29, 0.717) is 29.1 Å². The number of carbonyl (C=O) groups excluding carboxylic acids is 2. The highest BCUT2D eigenvalue weighted by Gasteiger charge is 2.30. The van der Waals surface area contributed by atoms with Gasteiger partial charge in [-0.2, -0.15) is 0 Å². The predicted molar refractivity (Wildman–Crippen MR) is 129 cm³/mol. The number of benzene rings is 2. The van der Waals surface area contributed by atoms with Gasteiger partial charge >= 0.3 is 0 Å². The predicted octanol–water partition coefficient (Wildman–Crippen LogP) is 5.66. The lowest BCUT2D eigenvalue weighted by Gasteiger charge is -2.36. The van der Waals surface area contributed by atoms with Gasteiger partial charge in [-0.1, -0.05) is 24.4 Å². The molecule has 2 saturated carbocycles. The van der Waals surface area contributed by atoms with Crippen molar-refractivity contribution in [2.75, 3.05) is 5.32 Å². The summed E-state index contributed by atoms with van der Waals surface area (Å²) in [5.41, 5.74) is 7.28. The Hall–Kier alpha value is -2.51. The van der Waals surface area contributed by atoms with E-state index in [-0.39, 0.29) is 36.0 Å². The molecule has 0 aromatic heterocycles. The number of hydrogen-bond donors (Lipinski definition) is 2. The van der Waals surface area contributed by atoms with E-state index < -0.39 is 17.5 Å². The molecule has 8 heteroatoms. The van der Waals surface area contributed by atoms with Crippen LogP contribution in [0.15, 0.2) is 36.4 Å². The third kappa shape index (κ3) is 5.94. The van der Waals surface area contributed by atoms with Gasteiger partial charge in [0.15, 0.2) is 0 Å². The molecule has 4 rings (SSSR count). The molecule has 0 aliphatic heterocycles. The summed E-state index contributed by atoms with van der Waals surface area (Å²) >= 11 is 6.48. The average Bonchev–Trinajstić information content (AvgIpc) is 3.34. The van der Waals surface area contributed by atoms with Gasteiger partial charge in [-0.25, -0.2) is 8.78 Å². The molecule has 0 spiro atoms. The summed E-state index contributed by atoms with van der Waals surface area (Å²) in [5.74, 6) is -2.05. The third-order valence-corrected chi connectivity index (χ3v) is 7.30. The SMILES string of the molecule is NC1CCC(N(Cc2cc(NC(=O)C3CCCC3)ccc2Cl)C(=O)c2cc(F)cc(F)c2)CC1. The van der Waals surface area contributed by atoms with Crippen molar-refractivity contribution < 1.29 is 18.4 Å². The molecule has 2 amide bonds. The van der Waals surface area contributed by atoms with Gasteiger partial charge < -0.3 is 16.0 Å². The first-order valence-corrected chi connectivity index (χ1v) is 12.3. The van der Waals surface area contributed by atoms with Crippen LogP contribution in [-0.4, -0.2) is 28.8 Å². The molecular weight excluding hydrogens is 460 g/mol. The zero-order chi connectivity index (χ0) is 24.2. The lowest BCUT2D eigenvalue weighted by molar-refractivity contribution is -0.119. The second kappa shape index (κ2) is 10.8. The minimum Gasteiger partial charge on any atom is -0.331 e. The van der Waals surface area contributed by atoms with Crippen LogP contribution in [-0.2, 0) is 11.3 Å². The van der Waals surface area contributed by atoms with Gasteiger partial charge in [-0.05, 0) is 74.4 Å². The summed E-state index contributed by atoms with van der Waals surface area (Å²) in [6, 6.07) is 8.00. The molecule has 2 aromatic rings. The Kier molecular flexibility index (Phi) is 7.84. The molecule has 0 heterocycles. The van der Waals surface area contributed by atoms with Crippen LogP contribution in [0.1, 0.15) is 67.3 Å². The molecule has 0 atom stereocenters. The number of anilines is 1. The molecule has 0 radical (unpaired) electrons. The van der Waals surface area contributed by atoms with Crippen LogP contribution in [0, 0.1) is 17.6 Å². The number of rotatable bonds is 6. The fourth-order valence-corrected chi connectivity index (χ4v) is 5.19. The van der Waals surface area contributed by atoms with Crippen LogP contribution in [0.2, 0.25) is 5.02 Å². The number of nitrogens with two attached hydrogens (primary N) is 1. The lowest BCUT2D eigenvalue weighted by atomic mass is 9.90. The summed E-state index contributed by atoms with van der Waals surface area (Å²) in [5, 5.41) is 3.42. The second-order valence-electron chi connectivity index (χ2n) is 9.44. The van der Waals surface area contributed by atoms with Gasteiger partial charge in [0, 0.05) is 46.9 Å². The molecule has 5 nitrogen and oxygen atoms in total. The van der Waals surface area contributed by atoms with E-state index in [9.17, 15) is 18.4 Å². The first-order chi connectivity index (χ1) is 16.3. The first kappa shape index (κ1) is 24.6. The minimum absolute atomic E-state index is 0.00444. The summed E-state index contributed by atoms with van der Waals surface area (Å²) in [6.07, 6.45) is 6.82. The maximum atomic E-state index is 13.9. The van der Waals surface area contributed by atoms with Crippen molar-refractivity contribution in [1.29, 1.82) is 0 Å². The Labute approximate surface area is 203 Å². The van der Waals surface area contributed by atoms with Crippen LogP contribution in [0.4, 0.5) is 14.5 Å². The number of nitrogens with one attached hydrogen (secondary N) is 1. The monoisotopic (exact) mass is 489 g/mol. The van der Waals surface area contributed by atoms with Gasteiger partial charge in [0.05, 0.1) is 0 Å². The normalized spacial score (nSPS) is 20.8. The highest BCUT2D eigenvalue weighted by molar-refractivity contribution is 6.31. The molecule has 2 aliphatic rings. The van der Waals surface area contributed by atoms with Crippen molar-refractivity contribution in [3.8, 4) is 0 Å². The second-order valence-corrected chi connectivity index (χ2v) is 9.84. The Morgan fingerprint density at radius 1 is 0.971 bits per heavy atom. The fourth-order valence-electron chi connectivity index (χ4n) is 5.01. The molecule has 0 bridgehead atoms. The van der Waals surface area contributed by atoms with Crippen molar-refractivity contribution in [2.24, 2.45) is 11.7 Å². The van der Waals surface area contributed by atoms with Gasteiger partial charge in [0.1, 0.15) is 11.6 Å². The average molecular weight is 490 g/mol. The molecule has 2 aromatic carbocycles. The van der Waals surface area contributed by atoms with E-state index in [1.54, 1.807) is 23.1 Å². The molecule has 0 saturated heterocycles. The van der Waals surface area contributed by atoms with E-state index in [2.05, 4.69) is 5.32 Å². The quantitative estimate of drug-likeness (QED) is 0.549. The number of carbonyl (C=O) groups is 2. The molecular formula is C26H30ClF2N3O2. The van der Waals surface area contributed by atoms with E-state index in [0.717, 1.165) is 56.7 Å². The topological polar surface area (TPSA) is 75.4 Å². The zero-order valence-electron chi connectivity index (χ0n) is 19.0. The van der Waals surface area contributed by atoms with Crippen molar-refractivity contribution >= 4 is 29.1 Å². The van der Waals surface area contributed by atoms with Crippen LogP contribution in [0.5, 0.6) is 0 Å². The molecule has 3 N–H and O–H groups in total. The van der Waals surface area contributed by atoms with Crippen LogP contribution in [0.3, 0.4) is 0 Å². The summed E-state index contributed by atoms with van der Waals surface area (Å²) in [7, 11) is 0. The molecule has 182 valence electrons. The van der Waals surface area contributed by atoms with Crippen LogP contribution >= 0.6 is 11.6 Å². The van der Waals surface area contributed by atoms with Crippen molar-refractivity contribution in [3.63, 3.8) is 0 Å². The summed E-state index contributed by atoms with van der Waals surface area (Å²) in [4.78, 5) is 27.6. The standard InChI is InChI=1S/C26H30ClF2N3O2/c27-24-10-7-22(31-25(33)16-3-1-2-4-16)13-18(24)15-32(23-8-5-21(30)6-9-23)26(34)17-11-19(28)14-20(29)12-17/h7,10-14,16,21,23H,1-6,8-9,15,30H2,(H,31,33). The Balaban J connectivity index is 1.59. The zero-order valence-corrected chi connectivity index (χ0v) is 19.8. The highest BCUT2D eigenvalue weighted by atomic mass is 35.5. The van der Waals surface area contributed by atoms with Crippen LogP contribution in [0.25, 0.3) is 0 Å². The smallest absolute Gasteiger partial charge is 0.254 e. The molecule has 2 aliphatic carbocycles. The summed E-state index contributed by atoms with van der Waals surface area (Å²) in [6.45, 7) is 0.156. The highest BCUT2D eigenvalue weighted by Crippen LogP contribution is 2.30. The van der Waals surface area contributed by atoms with E-state index >= 15 is 0 Å². The first-order valence-electron chi connectivity index (χ1n) is 11.9. The number of hydrogen-bond acceptors (Lipinski definition) is 3. The number of nitrogens with zero attached hydrogens (tertiary/aromatic N) is 1. The Morgan fingerprint density at radius 3 is 2.26 bits per heavy atom. The van der Waals surface area contributed by atoms with E-state index in [4.69, 9.17) is 17.3 Å². The van der Waals surface area contributed by atoms with E-state index in [1.807, 2.05) is 0 Å². The maximum absolute atomic E-state index is 13.9. The van der Waals surface area contributed by atoms with Crippen molar-refractivity contribution in [2.45, 2.75) is 70.0 Å². The van der Waals surface area contributed by atoms with E-state index in [1.165, 1.54) is 0 Å². The van der Waals surface area contributed by atoms with Gasteiger partial charge in [0.2, 0.25) is 5.91 Å². The largest absolute Gasteiger partial charge is 0.331 e. The van der Waals surface area contributed by atoms with Gasteiger partial charge in [-0.3, -0.25) is 9.59 Å². The molecule has 0 unspecified atom stereocenters.